The van der Waals surface area contributed by atoms with Gasteiger partial charge in [-0.1, -0.05) is 23.7 Å². The topological polar surface area (TPSA) is 98.5 Å². The monoisotopic (exact) mass is 352 g/mol. The predicted octanol–water partition coefficient (Wildman–Crippen LogP) is 2.85. The van der Waals surface area contributed by atoms with E-state index in [1.807, 2.05) is 0 Å². The van der Waals surface area contributed by atoms with Crippen molar-refractivity contribution in [2.75, 3.05) is 12.4 Å². The number of anilines is 1. The van der Waals surface area contributed by atoms with Crippen LogP contribution in [0.3, 0.4) is 0 Å². The molecule has 2 amide bonds. The molecule has 2 rings (SSSR count). The number of esters is 1. The van der Waals surface area contributed by atoms with Crippen LogP contribution in [-0.4, -0.2) is 24.9 Å². The standard InChI is InChI=1S/C15H13ClN2O4S/c1-7-10(12(17)19)14(23-11(7)15(21)22-2)18-13(20)8-5-3-4-6-9(8)16/h3-6H,1-2H3,(H2,17,19)(H,18,20). The van der Waals surface area contributed by atoms with Gasteiger partial charge in [-0.3, -0.25) is 9.59 Å². The van der Waals surface area contributed by atoms with Gasteiger partial charge in [-0.15, -0.1) is 11.3 Å². The van der Waals surface area contributed by atoms with Crippen molar-refractivity contribution < 1.29 is 19.1 Å². The normalized spacial score (nSPS) is 10.2. The van der Waals surface area contributed by atoms with Gasteiger partial charge >= 0.3 is 5.97 Å². The van der Waals surface area contributed by atoms with E-state index in [0.29, 0.717) is 5.56 Å². The molecule has 0 bridgehead atoms. The second-order valence-corrected chi connectivity index (χ2v) is 5.98. The van der Waals surface area contributed by atoms with Gasteiger partial charge in [0.05, 0.1) is 23.3 Å². The summed E-state index contributed by atoms with van der Waals surface area (Å²) in [6.07, 6.45) is 0. The number of thiophene rings is 1. The first kappa shape index (κ1) is 17.0. The maximum atomic E-state index is 12.3. The summed E-state index contributed by atoms with van der Waals surface area (Å²) in [5.74, 6) is -1.85. The molecule has 3 N–H and O–H groups in total. The summed E-state index contributed by atoms with van der Waals surface area (Å²) < 4.78 is 4.66. The molecule has 0 fully saturated rings. The van der Waals surface area contributed by atoms with E-state index in [-0.39, 0.29) is 26.0 Å². The van der Waals surface area contributed by atoms with Gasteiger partial charge in [0.1, 0.15) is 9.88 Å². The minimum atomic E-state index is -0.747. The lowest BCUT2D eigenvalue weighted by Crippen LogP contribution is -2.17. The first-order chi connectivity index (χ1) is 10.9. The van der Waals surface area contributed by atoms with Crippen molar-refractivity contribution in [3.05, 3.63) is 50.9 Å². The summed E-state index contributed by atoms with van der Waals surface area (Å²) in [6, 6.07) is 6.47. The van der Waals surface area contributed by atoms with Crippen LogP contribution in [0.5, 0.6) is 0 Å². The number of hydrogen-bond donors (Lipinski definition) is 2. The summed E-state index contributed by atoms with van der Waals surface area (Å²) in [5, 5.41) is 3.03. The fourth-order valence-corrected chi connectivity index (χ4v) is 3.35. The number of nitrogens with one attached hydrogen (secondary N) is 1. The van der Waals surface area contributed by atoms with Gasteiger partial charge in [0, 0.05) is 0 Å². The molecule has 8 heteroatoms. The van der Waals surface area contributed by atoms with E-state index in [9.17, 15) is 14.4 Å². The van der Waals surface area contributed by atoms with E-state index in [0.717, 1.165) is 11.3 Å². The van der Waals surface area contributed by atoms with Gasteiger partial charge in [-0.2, -0.15) is 0 Å². The summed E-state index contributed by atoms with van der Waals surface area (Å²) >= 11 is 6.90. The molecule has 0 aliphatic rings. The van der Waals surface area contributed by atoms with Crippen molar-refractivity contribution in [2.24, 2.45) is 5.73 Å². The average molecular weight is 353 g/mol. The molecule has 0 radical (unpaired) electrons. The number of ether oxygens (including phenoxy) is 1. The average Bonchev–Trinajstić information content (AvgIpc) is 2.83. The molecule has 0 unspecified atom stereocenters. The number of halogens is 1. The minimum absolute atomic E-state index is 0.0794. The number of benzene rings is 1. The number of methoxy groups -OCH3 is 1. The van der Waals surface area contributed by atoms with Crippen LogP contribution in [0.2, 0.25) is 5.02 Å². The highest BCUT2D eigenvalue weighted by Crippen LogP contribution is 2.34. The molecular formula is C15H13ClN2O4S. The van der Waals surface area contributed by atoms with E-state index in [4.69, 9.17) is 17.3 Å². The number of amides is 2. The predicted molar refractivity (Wildman–Crippen MR) is 88.3 cm³/mol. The third-order valence-corrected chi connectivity index (χ3v) is 4.63. The van der Waals surface area contributed by atoms with Gasteiger partial charge in [0.15, 0.2) is 0 Å². The Hall–Kier alpha value is -2.38. The molecule has 0 aliphatic carbocycles. The number of primary amides is 1. The van der Waals surface area contributed by atoms with Crippen molar-refractivity contribution in [2.45, 2.75) is 6.92 Å². The zero-order valence-electron chi connectivity index (χ0n) is 12.3. The van der Waals surface area contributed by atoms with E-state index >= 15 is 0 Å². The molecule has 0 aliphatic heterocycles. The van der Waals surface area contributed by atoms with Crippen molar-refractivity contribution >= 4 is 45.7 Å². The lowest BCUT2D eigenvalue weighted by molar-refractivity contribution is 0.0605. The fourth-order valence-electron chi connectivity index (χ4n) is 2.00. The van der Waals surface area contributed by atoms with Gasteiger partial charge in [0.2, 0.25) is 0 Å². The lowest BCUT2D eigenvalue weighted by Gasteiger charge is -2.06. The fraction of sp³-hybridized carbons (Fsp3) is 0.133. The molecule has 23 heavy (non-hydrogen) atoms. The molecule has 0 spiro atoms. The zero-order chi connectivity index (χ0) is 17.1. The Bertz CT molecular complexity index is 801. The summed E-state index contributed by atoms with van der Waals surface area (Å²) in [5.41, 5.74) is 6.04. The van der Waals surface area contributed by atoms with Gasteiger partial charge in [0.25, 0.3) is 11.8 Å². The Morgan fingerprint density at radius 2 is 1.91 bits per heavy atom. The van der Waals surface area contributed by atoms with E-state index < -0.39 is 17.8 Å². The Morgan fingerprint density at radius 1 is 1.26 bits per heavy atom. The Balaban J connectivity index is 2.43. The van der Waals surface area contributed by atoms with Crippen molar-refractivity contribution in [1.82, 2.24) is 0 Å². The summed E-state index contributed by atoms with van der Waals surface area (Å²) in [6.45, 7) is 1.56. The Kier molecular flexibility index (Phi) is 5.02. The minimum Gasteiger partial charge on any atom is -0.465 e. The molecule has 1 aromatic heterocycles. The van der Waals surface area contributed by atoms with Gasteiger partial charge < -0.3 is 15.8 Å². The third kappa shape index (κ3) is 3.35. The lowest BCUT2D eigenvalue weighted by atomic mass is 10.1. The van der Waals surface area contributed by atoms with Gasteiger partial charge in [-0.05, 0) is 24.6 Å². The smallest absolute Gasteiger partial charge is 0.348 e. The molecule has 1 aromatic carbocycles. The van der Waals surface area contributed by atoms with Crippen LogP contribution in [0.25, 0.3) is 0 Å². The van der Waals surface area contributed by atoms with Crippen LogP contribution in [-0.2, 0) is 4.74 Å². The molecule has 6 nitrogen and oxygen atoms in total. The number of hydrogen-bond acceptors (Lipinski definition) is 5. The second-order valence-electron chi connectivity index (χ2n) is 4.55. The maximum absolute atomic E-state index is 12.3. The number of carbonyl (C=O) groups excluding carboxylic acids is 3. The van der Waals surface area contributed by atoms with E-state index in [1.165, 1.54) is 7.11 Å². The van der Waals surface area contributed by atoms with Crippen LogP contribution < -0.4 is 11.1 Å². The molecule has 0 saturated heterocycles. The second kappa shape index (κ2) is 6.80. The number of carbonyl (C=O) groups is 3. The van der Waals surface area contributed by atoms with Crippen LogP contribution in [0.4, 0.5) is 5.00 Å². The third-order valence-electron chi connectivity index (χ3n) is 3.11. The highest BCUT2D eigenvalue weighted by molar-refractivity contribution is 7.18. The van der Waals surface area contributed by atoms with E-state index in [1.54, 1.807) is 31.2 Å². The summed E-state index contributed by atoms with van der Waals surface area (Å²) in [4.78, 5) is 35.9. The quantitative estimate of drug-likeness (QED) is 0.826. The van der Waals surface area contributed by atoms with Crippen molar-refractivity contribution in [3.63, 3.8) is 0 Å². The zero-order valence-corrected chi connectivity index (χ0v) is 13.9. The Morgan fingerprint density at radius 3 is 2.48 bits per heavy atom. The highest BCUT2D eigenvalue weighted by atomic mass is 35.5. The summed E-state index contributed by atoms with van der Waals surface area (Å²) in [7, 11) is 1.23. The first-order valence-corrected chi connectivity index (χ1v) is 7.63. The van der Waals surface area contributed by atoms with Crippen LogP contribution in [0.1, 0.15) is 36.0 Å². The molecular weight excluding hydrogens is 340 g/mol. The first-order valence-electron chi connectivity index (χ1n) is 6.44. The molecule has 0 saturated carbocycles. The largest absolute Gasteiger partial charge is 0.465 e. The highest BCUT2D eigenvalue weighted by Gasteiger charge is 2.25. The Labute approximate surface area is 141 Å². The SMILES string of the molecule is COC(=O)c1sc(NC(=O)c2ccccc2Cl)c(C(N)=O)c1C. The van der Waals surface area contributed by atoms with Crippen LogP contribution in [0, 0.1) is 6.92 Å². The number of rotatable bonds is 4. The molecule has 0 atom stereocenters. The van der Waals surface area contributed by atoms with Crippen molar-refractivity contribution in [1.29, 1.82) is 0 Å². The number of nitrogens with two attached hydrogens (primary N) is 1. The van der Waals surface area contributed by atoms with E-state index in [2.05, 4.69) is 10.1 Å². The van der Waals surface area contributed by atoms with Gasteiger partial charge in [-0.25, -0.2) is 4.79 Å². The molecule has 1 heterocycles. The maximum Gasteiger partial charge on any atom is 0.348 e. The van der Waals surface area contributed by atoms with Crippen LogP contribution in [0.15, 0.2) is 24.3 Å². The molecule has 2 aromatic rings. The molecule has 120 valence electrons. The van der Waals surface area contributed by atoms with Crippen molar-refractivity contribution in [3.8, 4) is 0 Å². The van der Waals surface area contributed by atoms with Crippen LogP contribution >= 0.6 is 22.9 Å².